The molecule has 0 radical (unpaired) electrons. The van der Waals surface area contributed by atoms with E-state index in [0.717, 1.165) is 0 Å². The Balaban J connectivity index is 3.25. The van der Waals surface area contributed by atoms with E-state index in [4.69, 9.17) is 23.2 Å². The van der Waals surface area contributed by atoms with Gasteiger partial charge in [-0.15, -0.1) is 0 Å². The Hall–Kier alpha value is -0.260. The molecule has 0 aliphatic rings. The fourth-order valence-corrected chi connectivity index (χ4v) is 2.43. The number of alkyl halides is 5. The van der Waals surface area contributed by atoms with E-state index in [1.807, 2.05) is 0 Å². The number of rotatable bonds is 4. The first-order valence-electron chi connectivity index (χ1n) is 4.91. The van der Waals surface area contributed by atoms with E-state index in [9.17, 15) is 22.6 Å². The lowest BCUT2D eigenvalue weighted by Gasteiger charge is -2.35. The molecule has 0 amide bonds. The second kappa shape index (κ2) is 5.62. The molecule has 0 bridgehead atoms. The van der Waals surface area contributed by atoms with E-state index in [1.54, 1.807) is 6.07 Å². The Labute approximate surface area is 117 Å². The fourth-order valence-electron chi connectivity index (χ4n) is 1.30. The summed E-state index contributed by atoms with van der Waals surface area (Å²) in [5.41, 5.74) is -0.0947. The third-order valence-corrected chi connectivity index (χ3v) is 3.53. The standard InChI is InChI=1S/C10H10Cl2F3O3P/c1-19(16,17)18-8(7-5-3-2-4-6-7)9(11,12)10(13,14)15/h2-6,8H,1H3,(H,16,17)/p-1. The Kier molecular flexibility index (Phi) is 4.97. The van der Waals surface area contributed by atoms with Gasteiger partial charge in [0.15, 0.2) is 0 Å². The highest BCUT2D eigenvalue weighted by atomic mass is 35.5. The van der Waals surface area contributed by atoms with Crippen LogP contribution in [0.4, 0.5) is 13.2 Å². The monoisotopic (exact) mass is 335 g/mol. The SMILES string of the molecule is CP(=O)([O-])OC(c1ccccc1)C(Cl)(Cl)C(F)(F)F. The van der Waals surface area contributed by atoms with E-state index in [2.05, 4.69) is 4.52 Å². The summed E-state index contributed by atoms with van der Waals surface area (Å²) in [6.07, 6.45) is -7.14. The second-order valence-electron chi connectivity index (χ2n) is 3.79. The van der Waals surface area contributed by atoms with Crippen LogP contribution in [0.15, 0.2) is 30.3 Å². The predicted octanol–water partition coefficient (Wildman–Crippen LogP) is 3.66. The molecule has 0 N–H and O–H groups in total. The second-order valence-corrected chi connectivity index (χ2v) is 6.93. The summed E-state index contributed by atoms with van der Waals surface area (Å²) in [6.45, 7) is 0.642. The molecule has 0 fully saturated rings. The summed E-state index contributed by atoms with van der Waals surface area (Å²) >= 11 is 10.5. The molecular formula is C10H9Cl2F3O3P-. The maximum Gasteiger partial charge on any atom is 0.424 e. The van der Waals surface area contributed by atoms with E-state index in [0.29, 0.717) is 6.66 Å². The molecule has 3 nitrogen and oxygen atoms in total. The van der Waals surface area contributed by atoms with Crippen LogP contribution in [-0.4, -0.2) is 17.2 Å². The van der Waals surface area contributed by atoms with Gasteiger partial charge in [-0.2, -0.15) is 13.2 Å². The Morgan fingerprint density at radius 3 is 2.11 bits per heavy atom. The largest absolute Gasteiger partial charge is 0.779 e. The van der Waals surface area contributed by atoms with E-state index in [1.165, 1.54) is 24.3 Å². The highest BCUT2D eigenvalue weighted by molar-refractivity contribution is 7.50. The molecule has 1 aromatic rings. The first-order valence-corrected chi connectivity index (χ1v) is 7.66. The van der Waals surface area contributed by atoms with Gasteiger partial charge in [0.05, 0.1) is 0 Å². The molecule has 2 unspecified atom stereocenters. The molecule has 1 aromatic carbocycles. The van der Waals surface area contributed by atoms with Gasteiger partial charge in [0.1, 0.15) is 13.7 Å². The Morgan fingerprint density at radius 2 is 1.74 bits per heavy atom. The highest BCUT2D eigenvalue weighted by Crippen LogP contribution is 2.54. The first-order chi connectivity index (χ1) is 8.45. The molecule has 0 saturated heterocycles. The van der Waals surface area contributed by atoms with Crippen molar-refractivity contribution >= 4 is 30.8 Å². The zero-order valence-electron chi connectivity index (χ0n) is 9.53. The van der Waals surface area contributed by atoms with Crippen molar-refractivity contribution in [3.8, 4) is 0 Å². The Morgan fingerprint density at radius 1 is 1.26 bits per heavy atom. The molecular weight excluding hydrogens is 327 g/mol. The molecule has 0 spiro atoms. The average molecular weight is 336 g/mol. The van der Waals surface area contributed by atoms with Crippen LogP contribution < -0.4 is 4.89 Å². The van der Waals surface area contributed by atoms with E-state index in [-0.39, 0.29) is 5.56 Å². The summed E-state index contributed by atoms with van der Waals surface area (Å²) in [5, 5.41) is 0. The highest BCUT2D eigenvalue weighted by Gasteiger charge is 2.59. The zero-order chi connectivity index (χ0) is 14.9. The number of benzene rings is 1. The maximum atomic E-state index is 12.8. The van der Waals surface area contributed by atoms with Crippen LogP contribution in [0.1, 0.15) is 11.7 Å². The topological polar surface area (TPSA) is 49.4 Å². The molecule has 0 saturated carbocycles. The molecule has 9 heteroatoms. The van der Waals surface area contributed by atoms with Crippen molar-refractivity contribution in [1.82, 2.24) is 0 Å². The lowest BCUT2D eigenvalue weighted by Crippen LogP contribution is -2.41. The third-order valence-electron chi connectivity index (χ3n) is 2.11. The molecule has 19 heavy (non-hydrogen) atoms. The van der Waals surface area contributed by atoms with Crippen LogP contribution in [0.3, 0.4) is 0 Å². The van der Waals surface area contributed by atoms with Crippen LogP contribution in [0, 0.1) is 0 Å². The van der Waals surface area contributed by atoms with Gasteiger partial charge in [0.2, 0.25) is 4.33 Å². The van der Waals surface area contributed by atoms with Crippen molar-refractivity contribution in [1.29, 1.82) is 0 Å². The average Bonchev–Trinajstić information content (AvgIpc) is 2.24. The van der Waals surface area contributed by atoms with Crippen LogP contribution >= 0.6 is 30.8 Å². The zero-order valence-corrected chi connectivity index (χ0v) is 11.9. The Bertz CT molecular complexity index is 473. The molecule has 2 atom stereocenters. The van der Waals surface area contributed by atoms with Crippen molar-refractivity contribution < 1.29 is 27.2 Å². The summed E-state index contributed by atoms with van der Waals surface area (Å²) in [5.74, 6) is 0. The molecule has 0 aliphatic heterocycles. The number of hydrogen-bond acceptors (Lipinski definition) is 3. The van der Waals surface area contributed by atoms with Crippen molar-refractivity contribution in [3.63, 3.8) is 0 Å². The molecule has 0 aromatic heterocycles. The maximum absolute atomic E-state index is 12.8. The van der Waals surface area contributed by atoms with Crippen LogP contribution in [0.25, 0.3) is 0 Å². The summed E-state index contributed by atoms with van der Waals surface area (Å²) < 4.78 is 50.6. The van der Waals surface area contributed by atoms with Crippen molar-refractivity contribution in [2.45, 2.75) is 16.6 Å². The number of halogens is 5. The molecule has 108 valence electrons. The van der Waals surface area contributed by atoms with Gasteiger partial charge >= 0.3 is 6.18 Å². The minimum Gasteiger partial charge on any atom is -0.779 e. The molecule has 0 aliphatic carbocycles. The van der Waals surface area contributed by atoms with Gasteiger partial charge in [-0.25, -0.2) is 0 Å². The van der Waals surface area contributed by atoms with Crippen LogP contribution in [0.2, 0.25) is 0 Å². The van der Waals surface area contributed by atoms with Gasteiger partial charge in [0, 0.05) is 6.66 Å². The van der Waals surface area contributed by atoms with Crippen molar-refractivity contribution in [2.75, 3.05) is 6.66 Å². The van der Waals surface area contributed by atoms with Crippen LogP contribution in [-0.2, 0) is 9.09 Å². The van der Waals surface area contributed by atoms with E-state index < -0.39 is 24.2 Å². The van der Waals surface area contributed by atoms with E-state index >= 15 is 0 Å². The normalized spacial score (nSPS) is 17.8. The minimum atomic E-state index is -5.06. The number of hydrogen-bond donors (Lipinski definition) is 0. The lowest BCUT2D eigenvalue weighted by molar-refractivity contribution is -0.209. The van der Waals surface area contributed by atoms with Gasteiger partial charge in [-0.3, -0.25) is 0 Å². The summed E-state index contributed by atoms with van der Waals surface area (Å²) in [7, 11) is -4.47. The summed E-state index contributed by atoms with van der Waals surface area (Å²) in [6, 6.07) is 6.85. The van der Waals surface area contributed by atoms with Gasteiger partial charge in [0.25, 0.3) is 0 Å². The van der Waals surface area contributed by atoms with Crippen molar-refractivity contribution in [2.24, 2.45) is 0 Å². The predicted molar refractivity (Wildman–Crippen MR) is 64.3 cm³/mol. The van der Waals surface area contributed by atoms with Gasteiger partial charge in [-0.05, 0) is 5.56 Å². The summed E-state index contributed by atoms with van der Waals surface area (Å²) in [4.78, 5) is 11.1. The van der Waals surface area contributed by atoms with Gasteiger partial charge < -0.3 is 14.0 Å². The third kappa shape index (κ3) is 4.36. The van der Waals surface area contributed by atoms with Gasteiger partial charge in [-0.1, -0.05) is 53.5 Å². The fraction of sp³-hybridized carbons (Fsp3) is 0.400. The quantitative estimate of drug-likeness (QED) is 0.623. The minimum absolute atomic E-state index is 0.0947. The van der Waals surface area contributed by atoms with Crippen molar-refractivity contribution in [3.05, 3.63) is 35.9 Å². The molecule has 1 rings (SSSR count). The molecule has 0 heterocycles. The lowest BCUT2D eigenvalue weighted by atomic mass is 10.1. The first kappa shape index (κ1) is 16.8. The smallest absolute Gasteiger partial charge is 0.424 e. The van der Waals surface area contributed by atoms with Crippen LogP contribution in [0.5, 0.6) is 0 Å².